The Balaban J connectivity index is 1.75. The molecule has 2 aliphatic rings. The summed E-state index contributed by atoms with van der Waals surface area (Å²) in [5.74, 6) is 2.40. The van der Waals surface area contributed by atoms with Gasteiger partial charge in [-0.3, -0.25) is 0 Å². The van der Waals surface area contributed by atoms with Gasteiger partial charge in [0, 0.05) is 29.5 Å². The van der Waals surface area contributed by atoms with Crippen molar-refractivity contribution in [3.63, 3.8) is 0 Å². The molecule has 108 valence electrons. The van der Waals surface area contributed by atoms with E-state index in [1.807, 2.05) is 19.2 Å². The fraction of sp³-hybridized carbons (Fsp3) is 0.333. The third-order valence-corrected chi connectivity index (χ3v) is 4.53. The second kappa shape index (κ2) is 5.08. The van der Waals surface area contributed by atoms with E-state index in [1.165, 1.54) is 16.7 Å². The SMILES string of the molecule is CNC(c1cccc2c1OCC2)C1COc2ccccc21. The van der Waals surface area contributed by atoms with E-state index in [0.29, 0.717) is 12.5 Å². The van der Waals surface area contributed by atoms with Crippen molar-refractivity contribution >= 4 is 0 Å². The molecule has 2 heterocycles. The van der Waals surface area contributed by atoms with Gasteiger partial charge in [-0.1, -0.05) is 36.4 Å². The minimum absolute atomic E-state index is 0.210. The largest absolute Gasteiger partial charge is 0.493 e. The van der Waals surface area contributed by atoms with Crippen molar-refractivity contribution in [2.75, 3.05) is 20.3 Å². The Kier molecular flexibility index (Phi) is 3.08. The first-order valence-electron chi connectivity index (χ1n) is 7.52. The zero-order chi connectivity index (χ0) is 14.2. The lowest BCUT2D eigenvalue weighted by molar-refractivity contribution is 0.298. The minimum atomic E-state index is 0.210. The average Bonchev–Trinajstić information content (AvgIpc) is 3.15. The lowest BCUT2D eigenvalue weighted by Crippen LogP contribution is -2.25. The molecule has 2 aliphatic heterocycles. The first-order chi connectivity index (χ1) is 10.4. The third kappa shape index (κ3) is 2.00. The van der Waals surface area contributed by atoms with Crippen LogP contribution in [0.15, 0.2) is 42.5 Å². The molecule has 2 unspecified atom stereocenters. The molecule has 3 nitrogen and oxygen atoms in total. The summed E-state index contributed by atoms with van der Waals surface area (Å²) in [7, 11) is 2.01. The van der Waals surface area contributed by atoms with Gasteiger partial charge in [0.2, 0.25) is 0 Å². The van der Waals surface area contributed by atoms with Crippen LogP contribution in [0.4, 0.5) is 0 Å². The highest BCUT2D eigenvalue weighted by Gasteiger charge is 2.34. The van der Waals surface area contributed by atoms with E-state index in [-0.39, 0.29) is 6.04 Å². The number of para-hydroxylation sites is 2. The topological polar surface area (TPSA) is 30.5 Å². The maximum atomic E-state index is 5.88. The molecule has 0 radical (unpaired) electrons. The van der Waals surface area contributed by atoms with Crippen molar-refractivity contribution in [1.29, 1.82) is 0 Å². The summed E-state index contributed by atoms with van der Waals surface area (Å²) in [6.45, 7) is 1.51. The molecule has 0 spiro atoms. The van der Waals surface area contributed by atoms with Gasteiger partial charge in [-0.2, -0.15) is 0 Å². The van der Waals surface area contributed by atoms with Gasteiger partial charge in [-0.15, -0.1) is 0 Å². The second-order valence-electron chi connectivity index (χ2n) is 5.66. The highest BCUT2D eigenvalue weighted by Crippen LogP contribution is 2.44. The molecule has 1 N–H and O–H groups in total. The van der Waals surface area contributed by atoms with Gasteiger partial charge in [0.25, 0.3) is 0 Å². The number of likely N-dealkylation sites (N-methyl/N-ethyl adjacent to an activating group) is 1. The Bertz CT molecular complexity index is 668. The summed E-state index contributed by atoms with van der Waals surface area (Å²) in [5.41, 5.74) is 3.85. The van der Waals surface area contributed by atoms with Crippen molar-refractivity contribution in [2.24, 2.45) is 0 Å². The zero-order valence-electron chi connectivity index (χ0n) is 12.1. The Morgan fingerprint density at radius 1 is 1.10 bits per heavy atom. The Labute approximate surface area is 124 Å². The number of hydrogen-bond acceptors (Lipinski definition) is 3. The number of benzene rings is 2. The molecule has 0 bridgehead atoms. The first-order valence-corrected chi connectivity index (χ1v) is 7.52. The molecular weight excluding hydrogens is 262 g/mol. The average molecular weight is 281 g/mol. The molecule has 4 rings (SSSR count). The number of nitrogens with one attached hydrogen (secondary N) is 1. The normalized spacial score (nSPS) is 20.3. The summed E-state index contributed by atoms with van der Waals surface area (Å²) in [4.78, 5) is 0. The maximum absolute atomic E-state index is 5.88. The van der Waals surface area contributed by atoms with E-state index in [9.17, 15) is 0 Å². The van der Waals surface area contributed by atoms with Gasteiger partial charge in [0.05, 0.1) is 13.2 Å². The fourth-order valence-corrected chi connectivity index (χ4v) is 3.52. The molecule has 0 aliphatic carbocycles. The van der Waals surface area contributed by atoms with Crippen molar-refractivity contribution in [2.45, 2.75) is 18.4 Å². The van der Waals surface area contributed by atoms with Crippen LogP contribution in [0.5, 0.6) is 11.5 Å². The van der Waals surface area contributed by atoms with E-state index >= 15 is 0 Å². The monoisotopic (exact) mass is 281 g/mol. The number of rotatable bonds is 3. The molecule has 21 heavy (non-hydrogen) atoms. The molecule has 2 atom stereocenters. The predicted molar refractivity (Wildman–Crippen MR) is 82.1 cm³/mol. The lowest BCUT2D eigenvalue weighted by Gasteiger charge is -2.24. The fourth-order valence-electron chi connectivity index (χ4n) is 3.52. The van der Waals surface area contributed by atoms with Gasteiger partial charge in [-0.05, 0) is 18.7 Å². The summed E-state index contributed by atoms with van der Waals surface area (Å²) in [6.07, 6.45) is 1.01. The van der Waals surface area contributed by atoms with E-state index in [2.05, 4.69) is 35.6 Å². The molecule has 0 saturated heterocycles. The van der Waals surface area contributed by atoms with Crippen LogP contribution in [0.3, 0.4) is 0 Å². The van der Waals surface area contributed by atoms with Crippen LogP contribution in [0, 0.1) is 0 Å². The molecule has 0 amide bonds. The van der Waals surface area contributed by atoms with Gasteiger partial charge in [0.15, 0.2) is 0 Å². The Morgan fingerprint density at radius 3 is 2.90 bits per heavy atom. The zero-order valence-corrected chi connectivity index (χ0v) is 12.1. The standard InChI is InChI=1S/C18H19NO2/c1-19-17(14-7-4-5-12-9-10-20-18(12)14)15-11-21-16-8-3-2-6-13(15)16/h2-8,15,17,19H,9-11H2,1H3. The van der Waals surface area contributed by atoms with Crippen molar-refractivity contribution in [1.82, 2.24) is 5.32 Å². The molecule has 2 aromatic carbocycles. The van der Waals surface area contributed by atoms with Crippen LogP contribution in [-0.2, 0) is 6.42 Å². The summed E-state index contributed by atoms with van der Waals surface area (Å²) < 4.78 is 11.7. The van der Waals surface area contributed by atoms with Crippen LogP contribution < -0.4 is 14.8 Å². The van der Waals surface area contributed by atoms with Crippen molar-refractivity contribution in [3.05, 3.63) is 59.2 Å². The molecular formula is C18H19NO2. The predicted octanol–water partition coefficient (Wildman–Crippen LogP) is 3.06. The first kappa shape index (κ1) is 12.7. The summed E-state index contributed by atoms with van der Waals surface area (Å²) in [6, 6.07) is 15.0. The summed E-state index contributed by atoms with van der Waals surface area (Å²) in [5, 5.41) is 3.47. The van der Waals surface area contributed by atoms with E-state index in [1.54, 1.807) is 0 Å². The Hall–Kier alpha value is -2.00. The van der Waals surface area contributed by atoms with Crippen LogP contribution in [0.1, 0.15) is 28.7 Å². The van der Waals surface area contributed by atoms with Gasteiger partial charge >= 0.3 is 0 Å². The van der Waals surface area contributed by atoms with Gasteiger partial charge < -0.3 is 14.8 Å². The van der Waals surface area contributed by atoms with Crippen LogP contribution >= 0.6 is 0 Å². The second-order valence-corrected chi connectivity index (χ2v) is 5.66. The van der Waals surface area contributed by atoms with E-state index < -0.39 is 0 Å². The molecule has 0 aromatic heterocycles. The smallest absolute Gasteiger partial charge is 0.127 e. The number of hydrogen-bond donors (Lipinski definition) is 1. The molecule has 0 saturated carbocycles. The van der Waals surface area contributed by atoms with E-state index in [0.717, 1.165) is 24.5 Å². The lowest BCUT2D eigenvalue weighted by atomic mass is 9.87. The minimum Gasteiger partial charge on any atom is -0.493 e. The quantitative estimate of drug-likeness (QED) is 0.938. The molecule has 3 heteroatoms. The van der Waals surface area contributed by atoms with Gasteiger partial charge in [-0.25, -0.2) is 0 Å². The van der Waals surface area contributed by atoms with Crippen molar-refractivity contribution in [3.8, 4) is 11.5 Å². The van der Waals surface area contributed by atoms with Crippen molar-refractivity contribution < 1.29 is 9.47 Å². The Morgan fingerprint density at radius 2 is 2.00 bits per heavy atom. The van der Waals surface area contributed by atoms with Crippen LogP contribution in [0.2, 0.25) is 0 Å². The van der Waals surface area contributed by atoms with E-state index in [4.69, 9.17) is 9.47 Å². The number of fused-ring (bicyclic) bond motifs is 2. The highest BCUT2D eigenvalue weighted by molar-refractivity contribution is 5.49. The van der Waals surface area contributed by atoms with Crippen LogP contribution in [0.25, 0.3) is 0 Å². The molecule has 2 aromatic rings. The maximum Gasteiger partial charge on any atom is 0.127 e. The highest BCUT2D eigenvalue weighted by atomic mass is 16.5. The summed E-state index contributed by atoms with van der Waals surface area (Å²) >= 11 is 0. The van der Waals surface area contributed by atoms with Gasteiger partial charge in [0.1, 0.15) is 11.5 Å². The van der Waals surface area contributed by atoms with Crippen LogP contribution in [-0.4, -0.2) is 20.3 Å². The third-order valence-electron chi connectivity index (χ3n) is 4.53. The molecule has 0 fully saturated rings. The number of ether oxygens (including phenoxy) is 2.